The molecule has 0 radical (unpaired) electrons. The fraction of sp³-hybridized carbons (Fsp3) is 0.536. The summed E-state index contributed by atoms with van der Waals surface area (Å²) in [5, 5.41) is 20.0. The van der Waals surface area contributed by atoms with Gasteiger partial charge in [0.05, 0.1) is 40.1 Å². The zero-order chi connectivity index (χ0) is 54.5. The summed E-state index contributed by atoms with van der Waals surface area (Å²) in [6, 6.07) is 17.1. The molecule has 3 aliphatic rings. The summed E-state index contributed by atoms with van der Waals surface area (Å²) in [7, 11) is -7.45. The molecule has 2 fully saturated rings. The van der Waals surface area contributed by atoms with Crippen LogP contribution in [-0.2, 0) is 49.0 Å². The number of ketones is 1. The van der Waals surface area contributed by atoms with Crippen LogP contribution in [0.2, 0.25) is 0 Å². The third-order valence-electron chi connectivity index (χ3n) is 15.6. The van der Waals surface area contributed by atoms with Crippen LogP contribution in [0.5, 0.6) is 0 Å². The highest BCUT2D eigenvalue weighted by atomic mass is 32.2. The molecular formula is C56H73N7O10S3. The Labute approximate surface area is 451 Å². The molecule has 1 aliphatic heterocycles. The highest BCUT2D eigenvalue weighted by Crippen LogP contribution is 2.60. The van der Waals surface area contributed by atoms with Gasteiger partial charge in [0.1, 0.15) is 11.6 Å². The summed E-state index contributed by atoms with van der Waals surface area (Å²) in [6.07, 6.45) is 10.7. The number of fused-ring (bicyclic) bond motifs is 4. The van der Waals surface area contributed by atoms with E-state index in [4.69, 9.17) is 14.8 Å². The van der Waals surface area contributed by atoms with E-state index < -0.39 is 37.3 Å². The third-order valence-corrected chi connectivity index (χ3v) is 18.6. The highest BCUT2D eigenvalue weighted by molar-refractivity contribution is 7.94. The van der Waals surface area contributed by atoms with E-state index in [-0.39, 0.29) is 40.5 Å². The van der Waals surface area contributed by atoms with Crippen LogP contribution in [0.1, 0.15) is 135 Å². The van der Waals surface area contributed by atoms with Gasteiger partial charge in [-0.2, -0.15) is 13.5 Å². The second-order valence-electron chi connectivity index (χ2n) is 22.4. The molecule has 17 nitrogen and oxygen atoms in total. The summed E-state index contributed by atoms with van der Waals surface area (Å²) in [5.74, 6) is -0.739. The number of ether oxygens (including phenoxy) is 1. The molecule has 3 N–H and O–H groups in total. The molecule has 2 aliphatic carbocycles. The Morgan fingerprint density at radius 3 is 2.43 bits per heavy atom. The number of nitrogens with one attached hydrogen (secondary N) is 1. The number of Topliss-reactive ketones (excluding diaryl/α,β-unsaturated/α-hetero) is 1. The lowest BCUT2D eigenvalue weighted by Gasteiger charge is -2.59. The number of benzene rings is 2. The van der Waals surface area contributed by atoms with Gasteiger partial charge in [-0.05, 0) is 136 Å². The van der Waals surface area contributed by atoms with Gasteiger partial charge in [0.2, 0.25) is 0 Å². The van der Waals surface area contributed by atoms with Crippen LogP contribution in [0.15, 0.2) is 72.8 Å². The number of hydrogen-bond acceptors (Lipinski definition) is 14. The number of para-hydroxylation sites is 1. The maximum absolute atomic E-state index is 13.7. The Morgan fingerprint density at radius 2 is 1.68 bits per heavy atom. The summed E-state index contributed by atoms with van der Waals surface area (Å²) >= 11 is 1.42. The predicted octanol–water partition coefficient (Wildman–Crippen LogP) is 9.81. The lowest BCUT2D eigenvalue weighted by atomic mass is 9.51. The van der Waals surface area contributed by atoms with Gasteiger partial charge in [-0.3, -0.25) is 29.0 Å². The van der Waals surface area contributed by atoms with Crippen LogP contribution in [0.4, 0.5) is 10.9 Å². The molecule has 76 heavy (non-hydrogen) atoms. The van der Waals surface area contributed by atoms with Gasteiger partial charge in [0, 0.05) is 73.4 Å². The minimum absolute atomic E-state index is 0.0127. The Hall–Kier alpha value is -5.38. The number of nitrogens with zero attached hydrogens (tertiary/aromatic N) is 6. The molecule has 2 saturated carbocycles. The Balaban J connectivity index is 0.908. The van der Waals surface area contributed by atoms with Crippen molar-refractivity contribution in [1.82, 2.24) is 24.6 Å². The molecule has 8 rings (SSSR count). The second-order valence-corrected chi connectivity index (χ2v) is 27.1. The zero-order valence-electron chi connectivity index (χ0n) is 44.3. The van der Waals surface area contributed by atoms with E-state index in [0.717, 1.165) is 64.5 Å². The first-order chi connectivity index (χ1) is 36.0. The van der Waals surface area contributed by atoms with E-state index in [0.29, 0.717) is 124 Å². The fourth-order valence-electron chi connectivity index (χ4n) is 12.8. The molecule has 5 aromatic rings. The van der Waals surface area contributed by atoms with E-state index in [9.17, 15) is 40.9 Å². The van der Waals surface area contributed by atoms with Gasteiger partial charge in [-0.1, -0.05) is 69.4 Å². The number of aromatic nitrogens is 4. The van der Waals surface area contributed by atoms with Gasteiger partial charge in [-0.15, -0.1) is 0 Å². The Kier molecular flexibility index (Phi) is 17.7. The van der Waals surface area contributed by atoms with Gasteiger partial charge in [0.25, 0.3) is 16.0 Å². The normalized spacial score (nSPS) is 21.7. The fourth-order valence-corrected chi connectivity index (χ4v) is 15.0. The lowest BCUT2D eigenvalue weighted by molar-refractivity contribution is -0.179. The van der Waals surface area contributed by atoms with Crippen LogP contribution < -0.4 is 10.2 Å². The van der Waals surface area contributed by atoms with Crippen molar-refractivity contribution >= 4 is 70.1 Å². The lowest BCUT2D eigenvalue weighted by Crippen LogP contribution is -2.55. The number of rotatable bonds is 26. The second kappa shape index (κ2) is 23.7. The van der Waals surface area contributed by atoms with E-state index in [2.05, 4.69) is 37.7 Å². The smallest absolute Gasteiger partial charge is 0.355 e. The number of carboxylic acids is 1. The number of sulfone groups is 1. The van der Waals surface area contributed by atoms with Crippen molar-refractivity contribution in [2.24, 2.45) is 16.7 Å². The average molecular weight is 1100 g/mol. The van der Waals surface area contributed by atoms with Crippen molar-refractivity contribution in [3.05, 3.63) is 101 Å². The van der Waals surface area contributed by atoms with Crippen molar-refractivity contribution in [2.75, 3.05) is 54.5 Å². The third kappa shape index (κ3) is 14.4. The number of hydrogen-bond donors (Lipinski definition) is 3. The molecule has 1 amide bonds. The molecule has 0 saturated heterocycles. The largest absolute Gasteiger partial charge is 0.476 e. The van der Waals surface area contributed by atoms with E-state index >= 15 is 0 Å². The maximum atomic E-state index is 13.7. The molecule has 20 heteroatoms. The van der Waals surface area contributed by atoms with Crippen molar-refractivity contribution in [3.8, 4) is 11.1 Å². The van der Waals surface area contributed by atoms with Crippen LogP contribution in [-0.4, -0.2) is 119 Å². The standard InChI is InChI=1S/C56H73N7O10S3/c1-6-75(68,69)29-13-7-8-16-42(64)17-11-12-24-61(27-30-76(70,71)72)26-28-73-56-32-39(2)31-54(4,36-56)35-55(5,37-56)38-63-40(3)45(33-57-63)43-21-22-49(59-50(43)52(66)67)62-25-23-41-15-14-18-44(46(41)34-62)51(65)60-53-58-47-19-9-10-20-48(47)74-53/h6,9-10,14-15,18-22,33,39H,1,7-8,11-13,16-17,23-32,34-38H2,2-5H3,(H,66,67)(H,58,60,65)(H,70,71,72). The maximum Gasteiger partial charge on any atom is 0.355 e. The number of unbranched alkanes of at least 4 members (excludes halogenated alkanes) is 3. The zero-order valence-corrected chi connectivity index (χ0v) is 46.7. The minimum atomic E-state index is -4.20. The minimum Gasteiger partial charge on any atom is -0.476 e. The van der Waals surface area contributed by atoms with E-state index in [1.807, 2.05) is 76.0 Å². The van der Waals surface area contributed by atoms with Gasteiger partial charge < -0.3 is 14.7 Å². The number of carboxylic acid groups (broad SMARTS) is 1. The SMILES string of the molecule is C=CS(=O)(=O)CCCCCC(=O)CCCCN(CCOC12CC(C)CC(C)(CC(C)(Cn3ncc(-c4ccc(N5CCc6cccc(C(=O)Nc7nc8ccccc8s7)c6C5)nc4C(=O)O)c3C)C1)C2)CCS(=O)(=O)O. The molecule has 3 aromatic heterocycles. The van der Waals surface area contributed by atoms with Crippen molar-refractivity contribution in [1.29, 1.82) is 0 Å². The molecular weight excluding hydrogens is 1030 g/mol. The number of anilines is 2. The summed E-state index contributed by atoms with van der Waals surface area (Å²) < 4.78 is 66.6. The van der Waals surface area contributed by atoms with Gasteiger partial charge in [0.15, 0.2) is 20.7 Å². The van der Waals surface area contributed by atoms with Gasteiger partial charge >= 0.3 is 5.97 Å². The molecule has 2 bridgehead atoms. The van der Waals surface area contributed by atoms with E-state index in [1.54, 1.807) is 6.20 Å². The Bertz CT molecular complexity index is 3140. The summed E-state index contributed by atoms with van der Waals surface area (Å²) in [6.45, 7) is 15.2. The summed E-state index contributed by atoms with van der Waals surface area (Å²) in [5.41, 5.74) is 4.48. The number of thiazole rings is 1. The van der Waals surface area contributed by atoms with Crippen molar-refractivity contribution < 1.29 is 45.6 Å². The molecule has 4 unspecified atom stereocenters. The van der Waals surface area contributed by atoms with Gasteiger partial charge in [-0.25, -0.2) is 23.2 Å². The van der Waals surface area contributed by atoms with Crippen molar-refractivity contribution in [3.63, 3.8) is 0 Å². The van der Waals surface area contributed by atoms with Crippen LogP contribution >= 0.6 is 11.3 Å². The average Bonchev–Trinajstić information content (AvgIpc) is 3.97. The highest BCUT2D eigenvalue weighted by Gasteiger charge is 2.55. The first-order valence-electron chi connectivity index (χ1n) is 26.5. The topological polar surface area (TPSA) is 231 Å². The summed E-state index contributed by atoms with van der Waals surface area (Å²) in [4.78, 5) is 52.7. The first kappa shape index (κ1) is 56.8. The van der Waals surface area contributed by atoms with Crippen LogP contribution in [0, 0.1) is 23.7 Å². The quantitative estimate of drug-likeness (QED) is 0.0345. The number of carbonyl (C=O) groups is 3. The molecule has 4 atom stereocenters. The van der Waals surface area contributed by atoms with E-state index in [1.165, 1.54) is 11.3 Å². The van der Waals surface area contributed by atoms with Crippen LogP contribution in [0.25, 0.3) is 21.3 Å². The number of carbonyl (C=O) groups excluding carboxylic acids is 2. The number of amides is 1. The molecule has 2 aromatic carbocycles. The Morgan fingerprint density at radius 1 is 0.908 bits per heavy atom. The number of aromatic carboxylic acids is 1. The predicted molar refractivity (Wildman–Crippen MR) is 297 cm³/mol. The molecule has 0 spiro atoms. The first-order valence-corrected chi connectivity index (χ1v) is 30.7. The number of pyridine rings is 1. The molecule has 410 valence electrons. The monoisotopic (exact) mass is 1100 g/mol. The molecule has 4 heterocycles. The van der Waals surface area contributed by atoms with Crippen molar-refractivity contribution in [2.45, 2.75) is 130 Å². The van der Waals surface area contributed by atoms with Crippen LogP contribution in [0.3, 0.4) is 0 Å².